The summed E-state index contributed by atoms with van der Waals surface area (Å²) in [5.74, 6) is 0. The second-order valence-electron chi connectivity index (χ2n) is 1.000. The highest BCUT2D eigenvalue weighted by Crippen LogP contribution is 1.76. The molecular formula is C5H17NO. The zero-order valence-electron chi connectivity index (χ0n) is 5.57. The van der Waals surface area contributed by atoms with Gasteiger partial charge in [0.05, 0.1) is 0 Å². The van der Waals surface area contributed by atoms with Crippen LogP contribution in [0.3, 0.4) is 0 Å². The zero-order valence-corrected chi connectivity index (χ0v) is 5.57. The molecule has 0 fully saturated rings. The number of aliphatic hydroxyl groups excluding tert-OH is 1. The van der Waals surface area contributed by atoms with Gasteiger partial charge in [-0.15, -0.1) is 0 Å². The summed E-state index contributed by atoms with van der Waals surface area (Å²) >= 11 is 0. The molecule has 0 atom stereocenters. The lowest BCUT2D eigenvalue weighted by Gasteiger charge is -1.68. The molecule has 4 N–H and O–H groups in total. The number of aliphatic hydroxyl groups is 1. The predicted molar refractivity (Wildman–Crippen MR) is 33.7 cm³/mol. The van der Waals surface area contributed by atoms with E-state index in [1.54, 1.807) is 0 Å². The van der Waals surface area contributed by atoms with Crippen molar-refractivity contribution in [3.05, 3.63) is 0 Å². The molecule has 2 nitrogen and oxygen atoms in total. The minimum Gasteiger partial charge on any atom is -0.400 e. The van der Waals surface area contributed by atoms with E-state index >= 15 is 0 Å². The Balaban J connectivity index is -0.0000000480. The van der Waals surface area contributed by atoms with E-state index in [1.165, 1.54) is 12.8 Å². The summed E-state index contributed by atoms with van der Waals surface area (Å²) in [6.45, 7) is 4.36. The van der Waals surface area contributed by atoms with Crippen LogP contribution in [0.5, 0.6) is 0 Å². The summed E-state index contributed by atoms with van der Waals surface area (Å²) in [5.41, 5.74) is 0. The number of rotatable bonds is 1. The minimum atomic E-state index is 0. The first-order chi connectivity index (χ1) is 2.91. The summed E-state index contributed by atoms with van der Waals surface area (Å²) in [4.78, 5) is 0. The second kappa shape index (κ2) is 38.9. The molecule has 0 aromatic carbocycles. The molecule has 0 saturated carbocycles. The molecule has 0 aromatic rings. The predicted octanol–water partition coefficient (Wildman–Crippen LogP) is 1.58. The van der Waals surface area contributed by atoms with Gasteiger partial charge < -0.3 is 11.3 Å². The van der Waals surface area contributed by atoms with E-state index in [0.717, 1.165) is 7.11 Å². The fraction of sp³-hybridized carbons (Fsp3) is 1.00. The maximum Gasteiger partial charge on any atom is 0.0319 e. The van der Waals surface area contributed by atoms with Crippen molar-refractivity contribution < 1.29 is 5.11 Å². The Morgan fingerprint density at radius 3 is 1.14 bits per heavy atom. The molecule has 0 radical (unpaired) electrons. The molecule has 0 aliphatic carbocycles. The highest BCUT2D eigenvalue weighted by atomic mass is 16.2. The quantitative estimate of drug-likeness (QED) is 0.534. The third-order valence-corrected chi connectivity index (χ3v) is 0.500. The summed E-state index contributed by atoms with van der Waals surface area (Å²) in [6.07, 6.45) is 2.64. The molecule has 48 valence electrons. The Bertz CT molecular complexity index is 10.0. The van der Waals surface area contributed by atoms with Gasteiger partial charge in [-0.25, -0.2) is 0 Å². The summed E-state index contributed by atoms with van der Waals surface area (Å²) in [6, 6.07) is 0. The molecule has 0 aliphatic rings. The van der Waals surface area contributed by atoms with E-state index in [0.29, 0.717) is 0 Å². The van der Waals surface area contributed by atoms with Crippen molar-refractivity contribution >= 4 is 0 Å². The Labute approximate surface area is 46.1 Å². The minimum absolute atomic E-state index is 0. The molecule has 7 heavy (non-hydrogen) atoms. The summed E-state index contributed by atoms with van der Waals surface area (Å²) in [7, 11) is 1.00. The largest absolute Gasteiger partial charge is 0.400 e. The number of hydrogen-bond acceptors (Lipinski definition) is 2. The zero-order chi connectivity index (χ0) is 5.41. The molecule has 0 unspecified atom stereocenters. The van der Waals surface area contributed by atoms with E-state index in [1.807, 2.05) is 0 Å². The first-order valence-electron chi connectivity index (χ1n) is 2.36. The van der Waals surface area contributed by atoms with Crippen LogP contribution in [0, 0.1) is 0 Å². The average molecular weight is 107 g/mol. The molecule has 0 bridgehead atoms. The maximum absolute atomic E-state index is 7.00. The third-order valence-electron chi connectivity index (χ3n) is 0.500. The van der Waals surface area contributed by atoms with Gasteiger partial charge in [-0.1, -0.05) is 26.7 Å². The van der Waals surface area contributed by atoms with Crippen molar-refractivity contribution in [2.75, 3.05) is 7.11 Å². The normalized spacial score (nSPS) is 5.14. The van der Waals surface area contributed by atoms with Crippen LogP contribution in [0.15, 0.2) is 0 Å². The smallest absolute Gasteiger partial charge is 0.0319 e. The van der Waals surface area contributed by atoms with Gasteiger partial charge in [-0.2, -0.15) is 0 Å². The lowest BCUT2D eigenvalue weighted by molar-refractivity contribution is 0.399. The highest BCUT2D eigenvalue weighted by molar-refractivity contribution is 4.12. The van der Waals surface area contributed by atoms with Gasteiger partial charge in [0.25, 0.3) is 0 Å². The molecule has 0 heterocycles. The Morgan fingerprint density at radius 2 is 1.14 bits per heavy atom. The lowest BCUT2D eigenvalue weighted by Crippen LogP contribution is -1.47. The van der Waals surface area contributed by atoms with Crippen LogP contribution in [-0.4, -0.2) is 12.2 Å². The van der Waals surface area contributed by atoms with Gasteiger partial charge >= 0.3 is 0 Å². The van der Waals surface area contributed by atoms with E-state index < -0.39 is 0 Å². The number of unbranched alkanes of at least 4 members (excludes halogenated alkanes) is 1. The van der Waals surface area contributed by atoms with Crippen molar-refractivity contribution in [3.8, 4) is 0 Å². The molecule has 0 aromatic heterocycles. The molecule has 0 rings (SSSR count). The first-order valence-corrected chi connectivity index (χ1v) is 2.36. The van der Waals surface area contributed by atoms with Crippen LogP contribution in [0.4, 0.5) is 0 Å². The lowest BCUT2D eigenvalue weighted by atomic mass is 10.4. The molecular weight excluding hydrogens is 90.1 g/mol. The van der Waals surface area contributed by atoms with Crippen LogP contribution in [0.1, 0.15) is 26.7 Å². The van der Waals surface area contributed by atoms with Crippen molar-refractivity contribution in [2.24, 2.45) is 0 Å². The third kappa shape index (κ3) is 107. The SMILES string of the molecule is CCCC.CO.N. The van der Waals surface area contributed by atoms with Gasteiger partial charge in [0.15, 0.2) is 0 Å². The Kier molecular flexibility index (Phi) is 87.6. The second-order valence-corrected chi connectivity index (χ2v) is 1.000. The fourth-order valence-electron chi connectivity index (χ4n) is 0. The monoisotopic (exact) mass is 107 g/mol. The molecule has 0 aliphatic heterocycles. The molecule has 2 heteroatoms. The maximum atomic E-state index is 7.00. The van der Waals surface area contributed by atoms with E-state index in [4.69, 9.17) is 5.11 Å². The highest BCUT2D eigenvalue weighted by Gasteiger charge is 1.56. The molecule has 0 amide bonds. The van der Waals surface area contributed by atoms with Crippen LogP contribution in [-0.2, 0) is 0 Å². The van der Waals surface area contributed by atoms with Gasteiger partial charge in [0.1, 0.15) is 0 Å². The van der Waals surface area contributed by atoms with Crippen LogP contribution >= 0.6 is 0 Å². The van der Waals surface area contributed by atoms with E-state index in [9.17, 15) is 0 Å². The topological polar surface area (TPSA) is 55.2 Å². The molecule has 0 spiro atoms. The fourth-order valence-corrected chi connectivity index (χ4v) is 0. The van der Waals surface area contributed by atoms with Crippen LogP contribution in [0.2, 0.25) is 0 Å². The average Bonchev–Trinajstić information content (AvgIpc) is 1.72. The van der Waals surface area contributed by atoms with E-state index in [2.05, 4.69) is 13.8 Å². The van der Waals surface area contributed by atoms with Gasteiger partial charge in [-0.05, 0) is 0 Å². The molecule has 0 saturated heterocycles. The van der Waals surface area contributed by atoms with Crippen LogP contribution < -0.4 is 6.15 Å². The van der Waals surface area contributed by atoms with Crippen molar-refractivity contribution in [1.82, 2.24) is 6.15 Å². The first kappa shape index (κ1) is 15.8. The van der Waals surface area contributed by atoms with Gasteiger partial charge in [0.2, 0.25) is 0 Å². The summed E-state index contributed by atoms with van der Waals surface area (Å²) in [5, 5.41) is 7.00. The van der Waals surface area contributed by atoms with Crippen molar-refractivity contribution in [2.45, 2.75) is 26.7 Å². The van der Waals surface area contributed by atoms with Gasteiger partial charge in [0, 0.05) is 7.11 Å². The van der Waals surface area contributed by atoms with E-state index in [-0.39, 0.29) is 6.15 Å². The standard InChI is InChI=1S/C4H10.CH4O.H3N/c1-3-4-2;1-2;/h3-4H2,1-2H3;2H,1H3;1H3. The number of hydrogen-bond donors (Lipinski definition) is 2. The van der Waals surface area contributed by atoms with Crippen LogP contribution in [0.25, 0.3) is 0 Å². The summed E-state index contributed by atoms with van der Waals surface area (Å²) < 4.78 is 0. The van der Waals surface area contributed by atoms with Crippen molar-refractivity contribution in [3.63, 3.8) is 0 Å². The Morgan fingerprint density at radius 1 is 1.00 bits per heavy atom. The Hall–Kier alpha value is -0.0800. The van der Waals surface area contributed by atoms with Gasteiger partial charge in [-0.3, -0.25) is 0 Å². The van der Waals surface area contributed by atoms with Crippen molar-refractivity contribution in [1.29, 1.82) is 0 Å².